The lowest BCUT2D eigenvalue weighted by molar-refractivity contribution is 0.155. The lowest BCUT2D eigenvalue weighted by Crippen LogP contribution is -2.43. The van der Waals surface area contributed by atoms with Crippen molar-refractivity contribution in [2.75, 3.05) is 19.6 Å². The molecule has 1 aliphatic heterocycles. The molecule has 108 valence electrons. The first-order valence-electron chi connectivity index (χ1n) is 7.90. The number of nitrogens with zero attached hydrogens (tertiary/aromatic N) is 1. The smallest absolute Gasteiger partial charge is 0.0223 e. The number of nitrogens with two attached hydrogens (primary N) is 1. The first-order valence-corrected chi connectivity index (χ1v) is 7.90. The van der Waals surface area contributed by atoms with Gasteiger partial charge in [-0.05, 0) is 50.1 Å². The predicted molar refractivity (Wildman–Crippen MR) is 80.7 cm³/mol. The minimum absolute atomic E-state index is 0.388. The van der Waals surface area contributed by atoms with Crippen LogP contribution in [0.1, 0.15) is 66.2 Å². The Hall–Kier alpha value is -0.0800. The molecule has 0 bridgehead atoms. The van der Waals surface area contributed by atoms with Gasteiger partial charge in [0.25, 0.3) is 0 Å². The molecule has 2 atom stereocenters. The largest absolute Gasteiger partial charge is 0.329 e. The van der Waals surface area contributed by atoms with Crippen LogP contribution in [-0.4, -0.2) is 30.6 Å². The van der Waals surface area contributed by atoms with Crippen LogP contribution in [0.2, 0.25) is 0 Å². The van der Waals surface area contributed by atoms with Gasteiger partial charge < -0.3 is 5.73 Å². The minimum atomic E-state index is 0.388. The van der Waals surface area contributed by atoms with Gasteiger partial charge in [-0.3, -0.25) is 4.90 Å². The van der Waals surface area contributed by atoms with Crippen molar-refractivity contribution in [2.24, 2.45) is 17.1 Å². The van der Waals surface area contributed by atoms with Crippen molar-refractivity contribution in [1.82, 2.24) is 4.90 Å². The third-order valence-corrected chi connectivity index (χ3v) is 4.22. The van der Waals surface area contributed by atoms with Gasteiger partial charge in [-0.1, -0.05) is 40.5 Å². The van der Waals surface area contributed by atoms with E-state index in [1.165, 1.54) is 51.6 Å². The Labute approximate surface area is 114 Å². The molecule has 1 saturated heterocycles. The van der Waals surface area contributed by atoms with Crippen LogP contribution in [0.3, 0.4) is 0 Å². The average molecular weight is 254 g/mol. The Morgan fingerprint density at radius 3 is 2.50 bits per heavy atom. The highest BCUT2D eigenvalue weighted by molar-refractivity contribution is 4.81. The third kappa shape index (κ3) is 5.71. The van der Waals surface area contributed by atoms with Crippen molar-refractivity contribution in [3.63, 3.8) is 0 Å². The Balaban J connectivity index is 2.49. The average Bonchev–Trinajstić information content (AvgIpc) is 2.51. The standard InChI is InChI=1S/C16H34N2/c1-5-7-14-8-6-10-18(11-9-14)15(13-17)12-16(2,3)4/h14-15H,5-13,17H2,1-4H3. The molecule has 0 aromatic carbocycles. The van der Waals surface area contributed by atoms with Crippen LogP contribution in [0, 0.1) is 11.3 Å². The SMILES string of the molecule is CCCC1CCCN(C(CN)CC(C)(C)C)CC1. The molecular formula is C16H34N2. The van der Waals surface area contributed by atoms with Crippen LogP contribution in [0.4, 0.5) is 0 Å². The molecule has 1 rings (SSSR count). The van der Waals surface area contributed by atoms with Gasteiger partial charge >= 0.3 is 0 Å². The monoisotopic (exact) mass is 254 g/mol. The van der Waals surface area contributed by atoms with Gasteiger partial charge in [0, 0.05) is 12.6 Å². The Morgan fingerprint density at radius 1 is 1.22 bits per heavy atom. The number of hydrogen-bond acceptors (Lipinski definition) is 2. The summed E-state index contributed by atoms with van der Waals surface area (Å²) in [6.07, 6.45) is 8.16. The summed E-state index contributed by atoms with van der Waals surface area (Å²) in [6.45, 7) is 12.6. The van der Waals surface area contributed by atoms with E-state index in [9.17, 15) is 0 Å². The summed E-state index contributed by atoms with van der Waals surface area (Å²) in [6, 6.07) is 0.588. The summed E-state index contributed by atoms with van der Waals surface area (Å²) in [5.41, 5.74) is 6.40. The molecule has 2 unspecified atom stereocenters. The van der Waals surface area contributed by atoms with E-state index >= 15 is 0 Å². The fourth-order valence-electron chi connectivity index (χ4n) is 3.32. The molecule has 0 amide bonds. The highest BCUT2D eigenvalue weighted by atomic mass is 15.2. The van der Waals surface area contributed by atoms with Gasteiger partial charge in [-0.15, -0.1) is 0 Å². The highest BCUT2D eigenvalue weighted by Gasteiger charge is 2.25. The van der Waals surface area contributed by atoms with E-state index in [1.807, 2.05) is 0 Å². The Bertz CT molecular complexity index is 220. The third-order valence-electron chi connectivity index (χ3n) is 4.22. The maximum Gasteiger partial charge on any atom is 0.0223 e. The second kappa shape index (κ2) is 7.49. The van der Waals surface area contributed by atoms with Crippen LogP contribution in [0.5, 0.6) is 0 Å². The van der Waals surface area contributed by atoms with E-state index in [0.717, 1.165) is 12.5 Å². The van der Waals surface area contributed by atoms with E-state index in [-0.39, 0.29) is 0 Å². The normalized spacial score (nSPS) is 24.8. The van der Waals surface area contributed by atoms with E-state index in [4.69, 9.17) is 5.73 Å². The van der Waals surface area contributed by atoms with Crippen LogP contribution < -0.4 is 5.73 Å². The lowest BCUT2D eigenvalue weighted by Gasteiger charge is -2.34. The summed E-state index contributed by atoms with van der Waals surface area (Å²) in [7, 11) is 0. The molecule has 1 heterocycles. The molecule has 2 heteroatoms. The Kier molecular flexibility index (Phi) is 6.65. The molecular weight excluding hydrogens is 220 g/mol. The van der Waals surface area contributed by atoms with Crippen molar-refractivity contribution < 1.29 is 0 Å². The molecule has 0 aromatic heterocycles. The molecule has 0 aliphatic carbocycles. The summed E-state index contributed by atoms with van der Waals surface area (Å²) in [5.74, 6) is 0.966. The van der Waals surface area contributed by atoms with Crippen molar-refractivity contribution >= 4 is 0 Å². The summed E-state index contributed by atoms with van der Waals surface area (Å²) in [4.78, 5) is 2.67. The van der Waals surface area contributed by atoms with E-state index in [0.29, 0.717) is 11.5 Å². The van der Waals surface area contributed by atoms with Crippen molar-refractivity contribution in [1.29, 1.82) is 0 Å². The van der Waals surface area contributed by atoms with Crippen molar-refractivity contribution in [2.45, 2.75) is 72.3 Å². The minimum Gasteiger partial charge on any atom is -0.329 e. The fraction of sp³-hybridized carbons (Fsp3) is 1.00. The van der Waals surface area contributed by atoms with Crippen LogP contribution in [0.25, 0.3) is 0 Å². The zero-order valence-corrected chi connectivity index (χ0v) is 13.0. The van der Waals surface area contributed by atoms with E-state index in [1.54, 1.807) is 0 Å². The van der Waals surface area contributed by atoms with Gasteiger partial charge in [0.1, 0.15) is 0 Å². The first-order chi connectivity index (χ1) is 8.46. The maximum absolute atomic E-state index is 6.01. The summed E-state index contributed by atoms with van der Waals surface area (Å²) >= 11 is 0. The van der Waals surface area contributed by atoms with Crippen molar-refractivity contribution in [3.8, 4) is 0 Å². The van der Waals surface area contributed by atoms with Crippen LogP contribution in [-0.2, 0) is 0 Å². The number of rotatable bonds is 5. The molecule has 0 radical (unpaired) electrons. The molecule has 2 N–H and O–H groups in total. The molecule has 18 heavy (non-hydrogen) atoms. The number of hydrogen-bond donors (Lipinski definition) is 1. The topological polar surface area (TPSA) is 29.3 Å². The maximum atomic E-state index is 6.01. The predicted octanol–water partition coefficient (Wildman–Crippen LogP) is 3.65. The molecule has 1 aliphatic rings. The highest BCUT2D eigenvalue weighted by Crippen LogP contribution is 2.27. The molecule has 0 aromatic rings. The molecule has 2 nitrogen and oxygen atoms in total. The quantitative estimate of drug-likeness (QED) is 0.811. The van der Waals surface area contributed by atoms with Gasteiger partial charge in [0.15, 0.2) is 0 Å². The zero-order valence-electron chi connectivity index (χ0n) is 13.0. The summed E-state index contributed by atoms with van der Waals surface area (Å²) in [5, 5.41) is 0. The van der Waals surface area contributed by atoms with Gasteiger partial charge in [0.2, 0.25) is 0 Å². The molecule has 1 fully saturated rings. The fourth-order valence-corrected chi connectivity index (χ4v) is 3.32. The van der Waals surface area contributed by atoms with E-state index in [2.05, 4.69) is 32.6 Å². The summed E-state index contributed by atoms with van der Waals surface area (Å²) < 4.78 is 0. The van der Waals surface area contributed by atoms with Crippen LogP contribution in [0.15, 0.2) is 0 Å². The van der Waals surface area contributed by atoms with Gasteiger partial charge in [0.05, 0.1) is 0 Å². The Morgan fingerprint density at radius 2 is 1.94 bits per heavy atom. The first kappa shape index (κ1) is 16.0. The second-order valence-electron chi connectivity index (χ2n) is 7.28. The van der Waals surface area contributed by atoms with Gasteiger partial charge in [-0.2, -0.15) is 0 Å². The second-order valence-corrected chi connectivity index (χ2v) is 7.28. The molecule has 0 saturated carbocycles. The van der Waals surface area contributed by atoms with Gasteiger partial charge in [-0.25, -0.2) is 0 Å². The molecule has 0 spiro atoms. The number of likely N-dealkylation sites (tertiary alicyclic amines) is 1. The lowest BCUT2D eigenvalue weighted by atomic mass is 9.87. The van der Waals surface area contributed by atoms with Crippen LogP contribution >= 0.6 is 0 Å². The van der Waals surface area contributed by atoms with Crippen molar-refractivity contribution in [3.05, 3.63) is 0 Å². The van der Waals surface area contributed by atoms with E-state index < -0.39 is 0 Å². The zero-order chi connectivity index (χ0) is 13.6.